The van der Waals surface area contributed by atoms with Crippen molar-refractivity contribution in [2.45, 2.75) is 19.4 Å². The minimum Gasteiger partial charge on any atom is -0.372 e. The third-order valence-corrected chi connectivity index (χ3v) is 3.77. The van der Waals surface area contributed by atoms with Gasteiger partial charge in [-0.1, -0.05) is 13.0 Å². The molecule has 0 aliphatic heterocycles. The number of nitrogens with one attached hydrogen (secondary N) is 1. The summed E-state index contributed by atoms with van der Waals surface area (Å²) in [5.74, 6) is -0.492. The zero-order valence-electron chi connectivity index (χ0n) is 10.3. The van der Waals surface area contributed by atoms with Crippen LogP contribution in [0.4, 0.5) is 15.8 Å². The van der Waals surface area contributed by atoms with Crippen molar-refractivity contribution in [2.75, 3.05) is 5.32 Å². The number of rotatable bonds is 5. The topological polar surface area (TPSA) is 55.2 Å². The van der Waals surface area contributed by atoms with Crippen LogP contribution in [0.25, 0.3) is 0 Å². The van der Waals surface area contributed by atoms with Crippen molar-refractivity contribution in [3.63, 3.8) is 0 Å². The summed E-state index contributed by atoms with van der Waals surface area (Å²) < 4.78 is 13.2. The Labute approximate surface area is 114 Å². The van der Waals surface area contributed by atoms with E-state index in [1.54, 1.807) is 11.3 Å². The predicted molar refractivity (Wildman–Crippen MR) is 74.0 cm³/mol. The molecule has 0 aliphatic carbocycles. The Morgan fingerprint density at radius 3 is 2.84 bits per heavy atom. The monoisotopic (exact) mass is 280 g/mol. The maximum absolute atomic E-state index is 13.2. The summed E-state index contributed by atoms with van der Waals surface area (Å²) in [6, 6.07) is 7.25. The molecule has 0 fully saturated rings. The molecule has 0 spiro atoms. The van der Waals surface area contributed by atoms with Crippen LogP contribution in [0.3, 0.4) is 0 Å². The van der Waals surface area contributed by atoms with E-state index in [1.807, 2.05) is 24.4 Å². The van der Waals surface area contributed by atoms with Crippen molar-refractivity contribution in [3.8, 4) is 0 Å². The predicted octanol–water partition coefficient (Wildman–Crippen LogP) is 4.36. The van der Waals surface area contributed by atoms with Gasteiger partial charge in [-0.15, -0.1) is 11.3 Å². The zero-order valence-corrected chi connectivity index (χ0v) is 11.1. The molecule has 0 saturated carbocycles. The van der Waals surface area contributed by atoms with Gasteiger partial charge in [0.1, 0.15) is 11.5 Å². The minimum atomic E-state index is -0.511. The van der Waals surface area contributed by atoms with Gasteiger partial charge in [-0.3, -0.25) is 10.1 Å². The fraction of sp³-hybridized carbons (Fsp3) is 0.231. The van der Waals surface area contributed by atoms with Crippen LogP contribution in [0, 0.1) is 15.9 Å². The number of hydrogen-bond acceptors (Lipinski definition) is 4. The first-order valence-electron chi connectivity index (χ1n) is 5.85. The number of nitrogens with zero attached hydrogens (tertiary/aromatic N) is 1. The number of nitro groups is 1. The average Bonchev–Trinajstić information content (AvgIpc) is 2.89. The number of anilines is 1. The number of halogens is 1. The van der Waals surface area contributed by atoms with Gasteiger partial charge in [0.2, 0.25) is 0 Å². The van der Waals surface area contributed by atoms with Crippen molar-refractivity contribution in [3.05, 3.63) is 56.5 Å². The lowest BCUT2D eigenvalue weighted by atomic mass is 10.1. The van der Waals surface area contributed by atoms with Crippen LogP contribution in [0.2, 0.25) is 0 Å². The summed E-state index contributed by atoms with van der Waals surface area (Å²) in [5, 5.41) is 15.9. The van der Waals surface area contributed by atoms with Crippen LogP contribution in [0.1, 0.15) is 24.3 Å². The summed E-state index contributed by atoms with van der Waals surface area (Å²) in [5.41, 5.74) is 0.0988. The lowest BCUT2D eigenvalue weighted by Crippen LogP contribution is -2.10. The molecular weight excluding hydrogens is 267 g/mol. The molecule has 1 heterocycles. The van der Waals surface area contributed by atoms with Crippen molar-refractivity contribution in [1.82, 2.24) is 0 Å². The van der Waals surface area contributed by atoms with Crippen LogP contribution < -0.4 is 5.32 Å². The summed E-state index contributed by atoms with van der Waals surface area (Å²) in [6.45, 7) is 1.97. The second-order valence-corrected chi connectivity index (χ2v) is 5.02. The Morgan fingerprint density at radius 2 is 2.26 bits per heavy atom. The summed E-state index contributed by atoms with van der Waals surface area (Å²) >= 11 is 1.57. The highest BCUT2D eigenvalue weighted by molar-refractivity contribution is 7.10. The molecule has 19 heavy (non-hydrogen) atoms. The first-order valence-corrected chi connectivity index (χ1v) is 6.73. The van der Waals surface area contributed by atoms with E-state index >= 15 is 0 Å². The van der Waals surface area contributed by atoms with Crippen molar-refractivity contribution in [2.24, 2.45) is 0 Å². The fourth-order valence-corrected chi connectivity index (χ4v) is 2.70. The fourth-order valence-electron chi connectivity index (χ4n) is 1.83. The minimum absolute atomic E-state index is 0.0551. The maximum Gasteiger partial charge on any atom is 0.292 e. The van der Waals surface area contributed by atoms with E-state index < -0.39 is 10.7 Å². The highest BCUT2D eigenvalue weighted by atomic mass is 32.1. The molecule has 0 aliphatic rings. The van der Waals surface area contributed by atoms with Gasteiger partial charge >= 0.3 is 0 Å². The molecule has 1 atom stereocenters. The lowest BCUT2D eigenvalue weighted by Gasteiger charge is -2.16. The van der Waals surface area contributed by atoms with Crippen LogP contribution in [-0.2, 0) is 0 Å². The third kappa shape index (κ3) is 3.08. The molecule has 4 nitrogen and oxygen atoms in total. The van der Waals surface area contributed by atoms with Gasteiger partial charge in [0.05, 0.1) is 11.0 Å². The number of thiophene rings is 1. The van der Waals surface area contributed by atoms with E-state index in [2.05, 4.69) is 5.32 Å². The van der Waals surface area contributed by atoms with E-state index in [4.69, 9.17) is 0 Å². The highest BCUT2D eigenvalue weighted by Crippen LogP contribution is 2.31. The standard InChI is InChI=1S/C13H13FN2O2S/c1-2-10(13-4-3-7-19-13)15-11-8-9(14)5-6-12(11)16(17)18/h3-8,10,15H,2H2,1H3. The Hall–Kier alpha value is -1.95. The van der Waals surface area contributed by atoms with Crippen LogP contribution in [0.15, 0.2) is 35.7 Å². The quantitative estimate of drug-likeness (QED) is 0.654. The van der Waals surface area contributed by atoms with Gasteiger partial charge in [-0.05, 0) is 23.9 Å². The Kier molecular flexibility index (Phi) is 4.11. The summed E-state index contributed by atoms with van der Waals surface area (Å²) in [4.78, 5) is 11.5. The highest BCUT2D eigenvalue weighted by Gasteiger charge is 2.18. The smallest absolute Gasteiger partial charge is 0.292 e. The molecule has 100 valence electrons. The SMILES string of the molecule is CCC(Nc1cc(F)ccc1[N+](=O)[O-])c1cccs1. The van der Waals surface area contributed by atoms with E-state index in [9.17, 15) is 14.5 Å². The second-order valence-electron chi connectivity index (χ2n) is 4.04. The Balaban J connectivity index is 2.31. The Morgan fingerprint density at radius 1 is 1.47 bits per heavy atom. The molecule has 1 unspecified atom stereocenters. The molecule has 0 amide bonds. The molecular formula is C13H13FN2O2S. The summed E-state index contributed by atoms with van der Waals surface area (Å²) in [6.07, 6.45) is 0.758. The van der Waals surface area contributed by atoms with Crippen molar-refractivity contribution < 1.29 is 9.31 Å². The van der Waals surface area contributed by atoms with E-state index in [1.165, 1.54) is 6.07 Å². The van der Waals surface area contributed by atoms with Gasteiger partial charge in [0, 0.05) is 17.0 Å². The van der Waals surface area contributed by atoms with Crippen LogP contribution >= 0.6 is 11.3 Å². The first-order chi connectivity index (χ1) is 9.11. The van der Waals surface area contributed by atoms with Crippen LogP contribution in [-0.4, -0.2) is 4.92 Å². The Bertz CT molecular complexity index is 572. The van der Waals surface area contributed by atoms with Gasteiger partial charge < -0.3 is 5.32 Å². The van der Waals surface area contributed by atoms with Gasteiger partial charge in [-0.25, -0.2) is 4.39 Å². The lowest BCUT2D eigenvalue weighted by molar-refractivity contribution is -0.384. The molecule has 2 rings (SSSR count). The number of nitro benzene ring substituents is 1. The summed E-state index contributed by atoms with van der Waals surface area (Å²) in [7, 11) is 0. The molecule has 2 aromatic rings. The van der Waals surface area contributed by atoms with Gasteiger partial charge in [0.25, 0.3) is 5.69 Å². The van der Waals surface area contributed by atoms with Gasteiger partial charge in [-0.2, -0.15) is 0 Å². The maximum atomic E-state index is 13.2. The molecule has 0 saturated heterocycles. The normalized spacial score (nSPS) is 12.1. The molecule has 6 heteroatoms. The second kappa shape index (κ2) is 5.79. The number of benzene rings is 1. The largest absolute Gasteiger partial charge is 0.372 e. The molecule has 0 bridgehead atoms. The molecule has 1 N–H and O–H groups in total. The molecule has 1 aromatic carbocycles. The van der Waals surface area contributed by atoms with Crippen LogP contribution in [0.5, 0.6) is 0 Å². The van der Waals surface area contributed by atoms with E-state index in [0.717, 1.165) is 23.4 Å². The van der Waals surface area contributed by atoms with E-state index in [0.29, 0.717) is 0 Å². The number of hydrogen-bond donors (Lipinski definition) is 1. The first kappa shape index (κ1) is 13.5. The average molecular weight is 280 g/mol. The molecule has 1 aromatic heterocycles. The van der Waals surface area contributed by atoms with E-state index in [-0.39, 0.29) is 17.4 Å². The van der Waals surface area contributed by atoms with Crippen molar-refractivity contribution >= 4 is 22.7 Å². The van der Waals surface area contributed by atoms with Crippen molar-refractivity contribution in [1.29, 1.82) is 0 Å². The van der Waals surface area contributed by atoms with Gasteiger partial charge in [0.15, 0.2) is 0 Å². The molecule has 0 radical (unpaired) electrons. The third-order valence-electron chi connectivity index (χ3n) is 2.78. The zero-order chi connectivity index (χ0) is 13.8.